The SMILES string of the molecule is CCOC(=O)[C@H]1NC2CCC1[C@@H](F)[C@H]2F. The Morgan fingerprint density at radius 3 is 2.73 bits per heavy atom. The molecule has 3 aliphatic rings. The summed E-state index contributed by atoms with van der Waals surface area (Å²) in [6, 6.07) is -1.19. The second kappa shape index (κ2) is 4.04. The fourth-order valence-corrected chi connectivity index (χ4v) is 2.50. The van der Waals surface area contributed by atoms with Gasteiger partial charge in [-0.2, -0.15) is 0 Å². The molecule has 1 N–H and O–H groups in total. The van der Waals surface area contributed by atoms with E-state index in [1.165, 1.54) is 0 Å². The third-order valence-electron chi connectivity index (χ3n) is 3.27. The lowest BCUT2D eigenvalue weighted by Gasteiger charge is -2.46. The quantitative estimate of drug-likeness (QED) is 0.703. The molecule has 2 saturated heterocycles. The van der Waals surface area contributed by atoms with Gasteiger partial charge in [-0.3, -0.25) is 10.1 Å². The number of alkyl halides is 2. The van der Waals surface area contributed by atoms with Gasteiger partial charge in [-0.05, 0) is 19.8 Å². The fraction of sp³-hybridized carbons (Fsp3) is 0.900. The zero-order chi connectivity index (χ0) is 11.0. The molecule has 5 heteroatoms. The first-order valence-corrected chi connectivity index (χ1v) is 5.36. The highest BCUT2D eigenvalue weighted by Crippen LogP contribution is 2.37. The molecule has 2 bridgehead atoms. The Kier molecular flexibility index (Phi) is 2.91. The number of esters is 1. The van der Waals surface area contributed by atoms with E-state index >= 15 is 0 Å². The highest BCUT2D eigenvalue weighted by molar-refractivity contribution is 5.76. The van der Waals surface area contributed by atoms with Crippen molar-refractivity contribution in [3.8, 4) is 0 Å². The van der Waals surface area contributed by atoms with Gasteiger partial charge in [0.2, 0.25) is 0 Å². The van der Waals surface area contributed by atoms with Gasteiger partial charge in [0, 0.05) is 12.0 Å². The van der Waals surface area contributed by atoms with Crippen molar-refractivity contribution in [2.75, 3.05) is 6.61 Å². The summed E-state index contributed by atoms with van der Waals surface area (Å²) in [7, 11) is 0. The monoisotopic (exact) mass is 219 g/mol. The van der Waals surface area contributed by atoms with Gasteiger partial charge in [-0.15, -0.1) is 0 Å². The van der Waals surface area contributed by atoms with Crippen LogP contribution in [0, 0.1) is 5.92 Å². The standard InChI is InChI=1S/C10H15F2NO2/c1-2-15-10(14)9-5-3-4-6(13-9)8(12)7(5)11/h5-9,13H,2-4H2,1H3/t5?,6?,7-,8+,9+/m1/s1. The number of piperidine rings is 2. The number of fused-ring (bicyclic) bond motifs is 3. The molecule has 3 nitrogen and oxygen atoms in total. The zero-order valence-electron chi connectivity index (χ0n) is 8.58. The Hall–Kier alpha value is -0.710. The van der Waals surface area contributed by atoms with E-state index in [0.717, 1.165) is 0 Å². The maximum atomic E-state index is 13.5. The zero-order valence-corrected chi connectivity index (χ0v) is 8.58. The van der Waals surface area contributed by atoms with Crippen LogP contribution in [0.4, 0.5) is 8.78 Å². The molecule has 2 unspecified atom stereocenters. The number of halogens is 2. The van der Waals surface area contributed by atoms with Crippen LogP contribution in [0.1, 0.15) is 19.8 Å². The minimum atomic E-state index is -1.53. The van der Waals surface area contributed by atoms with Crippen LogP contribution in [-0.2, 0) is 9.53 Å². The third-order valence-corrected chi connectivity index (χ3v) is 3.27. The van der Waals surface area contributed by atoms with Gasteiger partial charge < -0.3 is 4.74 Å². The smallest absolute Gasteiger partial charge is 0.323 e. The Balaban J connectivity index is 2.07. The normalized spacial score (nSPS) is 44.1. The lowest BCUT2D eigenvalue weighted by Crippen LogP contribution is -2.65. The molecule has 2 heterocycles. The average molecular weight is 219 g/mol. The third kappa shape index (κ3) is 1.73. The molecule has 1 aliphatic carbocycles. The van der Waals surface area contributed by atoms with E-state index in [1.807, 2.05) is 0 Å². The molecule has 86 valence electrons. The molecule has 5 atom stereocenters. The number of ether oxygens (including phenoxy) is 1. The molecular formula is C10H15F2NO2. The molecule has 0 aromatic carbocycles. The molecule has 0 spiro atoms. The number of carbonyl (C=O) groups is 1. The van der Waals surface area contributed by atoms with Crippen LogP contribution in [-0.4, -0.2) is 37.0 Å². The minimum Gasteiger partial charge on any atom is -0.465 e. The fourth-order valence-electron chi connectivity index (χ4n) is 2.50. The van der Waals surface area contributed by atoms with Crippen LogP contribution in [0.5, 0.6) is 0 Å². The minimum absolute atomic E-state index is 0.268. The summed E-state index contributed by atoms with van der Waals surface area (Å²) in [5.74, 6) is -1.02. The van der Waals surface area contributed by atoms with Crippen molar-refractivity contribution in [3.63, 3.8) is 0 Å². The predicted molar refractivity (Wildman–Crippen MR) is 49.9 cm³/mol. The first-order chi connectivity index (χ1) is 7.15. The first-order valence-electron chi connectivity index (χ1n) is 5.36. The Morgan fingerprint density at radius 1 is 1.40 bits per heavy atom. The number of carbonyl (C=O) groups excluding carboxylic acids is 1. The lowest BCUT2D eigenvalue weighted by molar-refractivity contribution is -0.153. The number of hydrogen-bond donors (Lipinski definition) is 1. The summed E-state index contributed by atoms with van der Waals surface area (Å²) >= 11 is 0. The van der Waals surface area contributed by atoms with Crippen molar-refractivity contribution < 1.29 is 18.3 Å². The lowest BCUT2D eigenvalue weighted by atomic mass is 9.74. The van der Waals surface area contributed by atoms with Crippen molar-refractivity contribution in [1.82, 2.24) is 5.32 Å². The van der Waals surface area contributed by atoms with Gasteiger partial charge in [-0.25, -0.2) is 8.78 Å². The topological polar surface area (TPSA) is 38.3 Å². The van der Waals surface area contributed by atoms with Gasteiger partial charge in [0.15, 0.2) is 0 Å². The highest BCUT2D eigenvalue weighted by Gasteiger charge is 2.52. The van der Waals surface area contributed by atoms with E-state index in [1.54, 1.807) is 6.92 Å². The molecule has 1 saturated carbocycles. The predicted octanol–water partition coefficient (Wildman–Crippen LogP) is 0.976. The van der Waals surface area contributed by atoms with Gasteiger partial charge in [0.05, 0.1) is 6.61 Å². The van der Waals surface area contributed by atoms with Crippen molar-refractivity contribution in [1.29, 1.82) is 0 Å². The average Bonchev–Trinajstić information content (AvgIpc) is 2.25. The van der Waals surface area contributed by atoms with Crippen LogP contribution in [0.15, 0.2) is 0 Å². The Labute approximate surface area is 87.2 Å². The maximum Gasteiger partial charge on any atom is 0.323 e. The first kappa shape index (κ1) is 10.8. The van der Waals surface area contributed by atoms with Crippen molar-refractivity contribution in [2.24, 2.45) is 5.92 Å². The molecule has 15 heavy (non-hydrogen) atoms. The van der Waals surface area contributed by atoms with E-state index in [0.29, 0.717) is 12.8 Å². The number of hydrogen-bond acceptors (Lipinski definition) is 3. The summed E-state index contributed by atoms with van der Waals surface area (Å²) in [5, 5.41) is 2.83. The second-order valence-corrected chi connectivity index (χ2v) is 4.13. The molecule has 0 aromatic rings. The summed E-state index contributed by atoms with van der Waals surface area (Å²) < 4.78 is 31.6. The van der Waals surface area contributed by atoms with Crippen molar-refractivity contribution in [3.05, 3.63) is 0 Å². The van der Waals surface area contributed by atoms with Gasteiger partial charge >= 0.3 is 5.97 Å². The van der Waals surface area contributed by atoms with Gasteiger partial charge in [0.1, 0.15) is 18.4 Å². The number of rotatable bonds is 2. The highest BCUT2D eigenvalue weighted by atomic mass is 19.2. The largest absolute Gasteiger partial charge is 0.465 e. The van der Waals surface area contributed by atoms with Gasteiger partial charge in [-0.1, -0.05) is 0 Å². The Bertz CT molecular complexity index is 260. The van der Waals surface area contributed by atoms with E-state index in [2.05, 4.69) is 5.32 Å². The molecule has 3 fully saturated rings. The summed E-state index contributed by atoms with van der Waals surface area (Å²) in [6.07, 6.45) is -1.85. The van der Waals surface area contributed by atoms with Crippen LogP contribution in [0.25, 0.3) is 0 Å². The van der Waals surface area contributed by atoms with Crippen molar-refractivity contribution >= 4 is 5.97 Å². The summed E-state index contributed by atoms with van der Waals surface area (Å²) in [4.78, 5) is 11.5. The molecule has 0 radical (unpaired) electrons. The van der Waals surface area contributed by atoms with Gasteiger partial charge in [0.25, 0.3) is 0 Å². The van der Waals surface area contributed by atoms with E-state index in [4.69, 9.17) is 4.74 Å². The maximum absolute atomic E-state index is 13.5. The summed E-state index contributed by atoms with van der Waals surface area (Å²) in [5.41, 5.74) is 0. The molecular weight excluding hydrogens is 204 g/mol. The van der Waals surface area contributed by atoms with E-state index < -0.39 is 36.3 Å². The number of nitrogens with one attached hydrogen (secondary N) is 1. The van der Waals surface area contributed by atoms with Crippen LogP contribution >= 0.6 is 0 Å². The molecule has 2 aliphatic heterocycles. The molecule has 0 amide bonds. The van der Waals surface area contributed by atoms with Crippen LogP contribution in [0.3, 0.4) is 0 Å². The molecule has 3 rings (SSSR count). The van der Waals surface area contributed by atoms with Crippen LogP contribution < -0.4 is 5.32 Å². The van der Waals surface area contributed by atoms with E-state index in [-0.39, 0.29) is 6.61 Å². The van der Waals surface area contributed by atoms with Crippen LogP contribution in [0.2, 0.25) is 0 Å². The Morgan fingerprint density at radius 2 is 2.13 bits per heavy atom. The van der Waals surface area contributed by atoms with E-state index in [9.17, 15) is 13.6 Å². The molecule has 0 aromatic heterocycles. The second-order valence-electron chi connectivity index (χ2n) is 4.13. The summed E-state index contributed by atoms with van der Waals surface area (Å²) in [6.45, 7) is 1.97. The van der Waals surface area contributed by atoms with Crippen molar-refractivity contribution in [2.45, 2.75) is 44.2 Å².